The Morgan fingerprint density at radius 1 is 0.929 bits per heavy atom. The molecule has 1 heterocycles. The Morgan fingerprint density at radius 2 is 1.61 bits per heavy atom. The number of nitrogens with one attached hydrogen (secondary N) is 1. The van der Waals surface area contributed by atoms with Gasteiger partial charge in [-0.15, -0.1) is 0 Å². The second-order valence-corrected chi connectivity index (χ2v) is 7.39. The van der Waals surface area contributed by atoms with Crippen LogP contribution in [0.25, 0.3) is 0 Å². The number of allylic oxidation sites excluding steroid dienone is 6. The van der Waals surface area contributed by atoms with Gasteiger partial charge in [-0.2, -0.15) is 0 Å². The normalized spacial score (nSPS) is 24.1. The third-order valence-corrected chi connectivity index (χ3v) is 5.00. The standard InChI is InChI=1S/C23H31NO4/c1-17-13-11-9-7-5-3-4-6-8-10-12-14-21(26)24-19-16-20(25)23(28-2)18(15-17)22(19)27/h8,10,13,16H,3-7,9,11-12,14-15H2,1-2H3,(H,24,26)/b10-8+,17-13+. The van der Waals surface area contributed by atoms with Gasteiger partial charge in [0.15, 0.2) is 5.76 Å². The van der Waals surface area contributed by atoms with Gasteiger partial charge in [0.25, 0.3) is 0 Å². The van der Waals surface area contributed by atoms with Crippen molar-refractivity contribution >= 4 is 17.5 Å². The minimum Gasteiger partial charge on any atom is -0.492 e. The van der Waals surface area contributed by atoms with Gasteiger partial charge >= 0.3 is 0 Å². The zero-order valence-corrected chi connectivity index (χ0v) is 17.0. The number of rotatable bonds is 1. The molecule has 1 amide bonds. The Morgan fingerprint density at radius 3 is 2.36 bits per heavy atom. The summed E-state index contributed by atoms with van der Waals surface area (Å²) < 4.78 is 5.20. The lowest BCUT2D eigenvalue weighted by Crippen LogP contribution is -2.32. The van der Waals surface area contributed by atoms with Crippen molar-refractivity contribution in [3.8, 4) is 0 Å². The van der Waals surface area contributed by atoms with Crippen LogP contribution in [-0.4, -0.2) is 24.6 Å². The number of ketones is 2. The second-order valence-electron chi connectivity index (χ2n) is 7.39. The zero-order chi connectivity index (χ0) is 20.4. The summed E-state index contributed by atoms with van der Waals surface area (Å²) in [6, 6.07) is 0. The number of amides is 1. The lowest BCUT2D eigenvalue weighted by Gasteiger charge is -2.19. The molecule has 0 fully saturated rings. The van der Waals surface area contributed by atoms with Crippen molar-refractivity contribution in [3.63, 3.8) is 0 Å². The maximum Gasteiger partial charge on any atom is 0.224 e. The maximum absolute atomic E-state index is 12.9. The number of hydrogen-bond acceptors (Lipinski definition) is 4. The van der Waals surface area contributed by atoms with Gasteiger partial charge in [-0.3, -0.25) is 14.4 Å². The van der Waals surface area contributed by atoms with E-state index in [2.05, 4.69) is 17.5 Å². The van der Waals surface area contributed by atoms with E-state index in [1.165, 1.54) is 38.9 Å². The van der Waals surface area contributed by atoms with Crippen molar-refractivity contribution < 1.29 is 19.1 Å². The summed E-state index contributed by atoms with van der Waals surface area (Å²) in [7, 11) is 1.39. The van der Waals surface area contributed by atoms with E-state index in [0.29, 0.717) is 18.4 Å². The minimum atomic E-state index is -0.383. The molecular formula is C23H31NO4. The number of carbonyl (C=O) groups excluding carboxylic acids is 3. The highest BCUT2D eigenvalue weighted by atomic mass is 16.5. The van der Waals surface area contributed by atoms with Crippen LogP contribution >= 0.6 is 0 Å². The molecule has 2 rings (SSSR count). The first-order valence-electron chi connectivity index (χ1n) is 10.2. The van der Waals surface area contributed by atoms with E-state index in [1.807, 2.05) is 13.0 Å². The largest absolute Gasteiger partial charge is 0.492 e. The quantitative estimate of drug-likeness (QED) is 0.534. The fraction of sp³-hybridized carbons (Fsp3) is 0.522. The summed E-state index contributed by atoms with van der Waals surface area (Å²) in [6.45, 7) is 1.96. The molecule has 152 valence electrons. The van der Waals surface area contributed by atoms with Crippen LogP contribution < -0.4 is 5.32 Å². The van der Waals surface area contributed by atoms with Crippen molar-refractivity contribution in [1.29, 1.82) is 0 Å². The molecule has 5 heteroatoms. The molecule has 0 saturated carbocycles. The predicted molar refractivity (Wildman–Crippen MR) is 109 cm³/mol. The summed E-state index contributed by atoms with van der Waals surface area (Å²) in [4.78, 5) is 37.4. The Hall–Kier alpha value is -2.43. The number of Topliss-reactive ketones (excluding diaryl/α,β-unsaturated/α-hetero) is 1. The topological polar surface area (TPSA) is 72.5 Å². The van der Waals surface area contributed by atoms with Crippen LogP contribution in [-0.2, 0) is 19.1 Å². The molecule has 0 atom stereocenters. The lowest BCUT2D eigenvalue weighted by atomic mass is 9.92. The molecule has 0 spiro atoms. The van der Waals surface area contributed by atoms with Gasteiger partial charge in [-0.25, -0.2) is 0 Å². The van der Waals surface area contributed by atoms with E-state index in [-0.39, 0.29) is 35.4 Å². The first kappa shape index (κ1) is 21.9. The first-order chi connectivity index (χ1) is 13.5. The summed E-state index contributed by atoms with van der Waals surface area (Å²) in [5.74, 6) is -0.913. The highest BCUT2D eigenvalue weighted by Gasteiger charge is 2.30. The zero-order valence-electron chi connectivity index (χ0n) is 17.0. The third kappa shape index (κ3) is 6.63. The van der Waals surface area contributed by atoms with E-state index in [9.17, 15) is 14.4 Å². The van der Waals surface area contributed by atoms with Crippen LogP contribution in [0.3, 0.4) is 0 Å². The molecule has 1 aliphatic carbocycles. The Balaban J connectivity index is 2.19. The molecule has 2 bridgehead atoms. The van der Waals surface area contributed by atoms with E-state index >= 15 is 0 Å². The summed E-state index contributed by atoms with van der Waals surface area (Å²) >= 11 is 0. The van der Waals surface area contributed by atoms with E-state index < -0.39 is 0 Å². The molecular weight excluding hydrogens is 354 g/mol. The molecule has 0 unspecified atom stereocenters. The van der Waals surface area contributed by atoms with Crippen molar-refractivity contribution in [2.45, 2.75) is 71.1 Å². The summed E-state index contributed by atoms with van der Waals surface area (Å²) in [6.07, 6.45) is 16.6. The highest BCUT2D eigenvalue weighted by molar-refractivity contribution is 6.22. The van der Waals surface area contributed by atoms with Crippen LogP contribution in [0.2, 0.25) is 0 Å². The third-order valence-electron chi connectivity index (χ3n) is 5.00. The molecule has 1 aliphatic heterocycles. The molecule has 2 aliphatic rings. The van der Waals surface area contributed by atoms with Crippen LogP contribution in [0, 0.1) is 0 Å². The lowest BCUT2D eigenvalue weighted by molar-refractivity contribution is -0.122. The highest BCUT2D eigenvalue weighted by Crippen LogP contribution is 2.25. The summed E-state index contributed by atoms with van der Waals surface area (Å²) in [5.41, 5.74) is 1.39. The van der Waals surface area contributed by atoms with Gasteiger partial charge in [-0.05, 0) is 39.0 Å². The molecule has 0 aromatic carbocycles. The van der Waals surface area contributed by atoms with Crippen molar-refractivity contribution in [2.24, 2.45) is 0 Å². The molecule has 1 N–H and O–H groups in total. The maximum atomic E-state index is 12.9. The van der Waals surface area contributed by atoms with Crippen molar-refractivity contribution in [2.75, 3.05) is 7.11 Å². The van der Waals surface area contributed by atoms with Gasteiger partial charge in [0.05, 0.1) is 18.4 Å². The van der Waals surface area contributed by atoms with Crippen LogP contribution in [0.1, 0.15) is 71.1 Å². The van der Waals surface area contributed by atoms with Crippen LogP contribution in [0.15, 0.2) is 46.9 Å². The van der Waals surface area contributed by atoms with E-state index in [0.717, 1.165) is 24.8 Å². The molecule has 0 radical (unpaired) electrons. The van der Waals surface area contributed by atoms with Gasteiger partial charge < -0.3 is 10.1 Å². The number of hydrogen-bond donors (Lipinski definition) is 1. The second kappa shape index (κ2) is 11.4. The predicted octanol–water partition coefficient (Wildman–Crippen LogP) is 4.46. The number of methoxy groups -OCH3 is 1. The average molecular weight is 386 g/mol. The van der Waals surface area contributed by atoms with E-state index in [4.69, 9.17) is 4.74 Å². The summed E-state index contributed by atoms with van der Waals surface area (Å²) in [5, 5.41) is 2.61. The number of carbonyl (C=O) groups is 3. The van der Waals surface area contributed by atoms with Crippen molar-refractivity contribution in [3.05, 3.63) is 46.9 Å². The molecule has 5 nitrogen and oxygen atoms in total. The fourth-order valence-corrected chi connectivity index (χ4v) is 3.45. The Bertz CT molecular complexity index is 725. The number of ether oxygens (including phenoxy) is 1. The Kier molecular flexibility index (Phi) is 8.92. The van der Waals surface area contributed by atoms with Crippen LogP contribution in [0.4, 0.5) is 0 Å². The fourth-order valence-electron chi connectivity index (χ4n) is 3.45. The van der Waals surface area contributed by atoms with Gasteiger partial charge in [0, 0.05) is 18.9 Å². The molecule has 0 aromatic heterocycles. The van der Waals surface area contributed by atoms with E-state index in [1.54, 1.807) is 0 Å². The molecule has 28 heavy (non-hydrogen) atoms. The molecule has 0 aromatic rings. The van der Waals surface area contributed by atoms with Gasteiger partial charge in [0.1, 0.15) is 0 Å². The molecule has 0 saturated heterocycles. The smallest absolute Gasteiger partial charge is 0.224 e. The average Bonchev–Trinajstić information content (AvgIpc) is 2.66. The Labute approximate surface area is 167 Å². The van der Waals surface area contributed by atoms with Gasteiger partial charge in [0.2, 0.25) is 17.5 Å². The SMILES string of the molecule is COC1=C2C/C(C)=C/CCCCCCC/C=C/CCC(=O)NC(=CC1=O)C2=O. The van der Waals surface area contributed by atoms with Crippen molar-refractivity contribution in [1.82, 2.24) is 5.32 Å². The van der Waals surface area contributed by atoms with Crippen LogP contribution in [0.5, 0.6) is 0 Å². The first-order valence-corrected chi connectivity index (χ1v) is 10.2. The monoisotopic (exact) mass is 385 g/mol. The van der Waals surface area contributed by atoms with Gasteiger partial charge in [-0.1, -0.05) is 43.1 Å². The number of fused-ring (bicyclic) bond motifs is 2. The minimum absolute atomic E-state index is 0.0421.